The number of methoxy groups -OCH3 is 2. The lowest BCUT2D eigenvalue weighted by molar-refractivity contribution is 0.102. The van der Waals surface area contributed by atoms with E-state index < -0.39 is 0 Å². The van der Waals surface area contributed by atoms with Gasteiger partial charge in [0.05, 0.1) is 20.0 Å². The van der Waals surface area contributed by atoms with E-state index in [9.17, 15) is 4.79 Å². The smallest absolute Gasteiger partial charge is 0.277 e. The number of rotatable bonds is 9. The molecule has 0 amide bonds. The second-order valence-electron chi connectivity index (χ2n) is 6.35. The average molecular weight is 413 g/mol. The Labute approximate surface area is 174 Å². The van der Waals surface area contributed by atoms with Gasteiger partial charge in [-0.25, -0.2) is 0 Å². The molecule has 1 aromatic heterocycles. The number of carbonyl (C=O) groups excluding carboxylic acids is 1. The van der Waals surface area contributed by atoms with Crippen LogP contribution >= 0.6 is 11.8 Å². The van der Waals surface area contributed by atoms with Crippen molar-refractivity contribution in [3.05, 3.63) is 53.1 Å². The van der Waals surface area contributed by atoms with Gasteiger partial charge in [-0.1, -0.05) is 37.7 Å². The van der Waals surface area contributed by atoms with Gasteiger partial charge in [-0.2, -0.15) is 0 Å². The van der Waals surface area contributed by atoms with Crippen LogP contribution in [-0.2, 0) is 12.8 Å². The molecule has 6 nitrogen and oxygen atoms in total. The van der Waals surface area contributed by atoms with Crippen molar-refractivity contribution >= 4 is 17.5 Å². The van der Waals surface area contributed by atoms with E-state index in [1.165, 1.54) is 11.8 Å². The Bertz CT molecular complexity index is 1000. The van der Waals surface area contributed by atoms with E-state index in [-0.39, 0.29) is 11.5 Å². The van der Waals surface area contributed by atoms with Crippen LogP contribution in [0.4, 0.5) is 0 Å². The number of ketones is 1. The second-order valence-corrected chi connectivity index (χ2v) is 7.28. The van der Waals surface area contributed by atoms with Crippen molar-refractivity contribution in [2.24, 2.45) is 0 Å². The minimum atomic E-state index is 0.0630. The molecule has 0 saturated heterocycles. The van der Waals surface area contributed by atoms with Gasteiger partial charge in [0.1, 0.15) is 0 Å². The lowest BCUT2D eigenvalue weighted by atomic mass is 9.98. The summed E-state index contributed by atoms with van der Waals surface area (Å²) in [6.45, 7) is 4.14. The predicted molar refractivity (Wildman–Crippen MR) is 113 cm³/mol. The minimum Gasteiger partial charge on any atom is -0.493 e. The molecule has 3 aromatic rings. The predicted octanol–water partition coefficient (Wildman–Crippen LogP) is 4.85. The van der Waals surface area contributed by atoms with Crippen LogP contribution in [-0.4, -0.2) is 36.0 Å². The Morgan fingerprint density at radius 3 is 2.48 bits per heavy atom. The molecule has 0 atom stereocenters. The van der Waals surface area contributed by atoms with Gasteiger partial charge in [-0.05, 0) is 48.2 Å². The summed E-state index contributed by atoms with van der Waals surface area (Å²) in [5.41, 5.74) is 3.71. The van der Waals surface area contributed by atoms with E-state index in [1.807, 2.05) is 18.2 Å². The van der Waals surface area contributed by atoms with Crippen LogP contribution in [0, 0.1) is 0 Å². The summed E-state index contributed by atoms with van der Waals surface area (Å²) in [6.07, 6.45) is 1.72. The molecule has 3 rings (SSSR count). The molecule has 1 heterocycles. The summed E-state index contributed by atoms with van der Waals surface area (Å²) < 4.78 is 16.3. The largest absolute Gasteiger partial charge is 0.493 e. The monoisotopic (exact) mass is 412 g/mol. The van der Waals surface area contributed by atoms with E-state index in [2.05, 4.69) is 30.1 Å². The van der Waals surface area contributed by atoms with Crippen LogP contribution < -0.4 is 9.47 Å². The van der Waals surface area contributed by atoms with E-state index >= 15 is 0 Å². The topological polar surface area (TPSA) is 74.5 Å². The summed E-state index contributed by atoms with van der Waals surface area (Å²) in [7, 11) is 3.15. The van der Waals surface area contributed by atoms with Crippen LogP contribution in [0.1, 0.15) is 35.3 Å². The first kappa shape index (κ1) is 20.9. The Hall–Kier alpha value is -2.80. The average Bonchev–Trinajstić information content (AvgIpc) is 3.25. The summed E-state index contributed by atoms with van der Waals surface area (Å²) in [5, 5.41) is 8.49. The minimum absolute atomic E-state index is 0.0630. The van der Waals surface area contributed by atoms with Gasteiger partial charge < -0.3 is 13.9 Å². The molecular weight excluding hydrogens is 388 g/mol. The highest BCUT2D eigenvalue weighted by molar-refractivity contribution is 7.99. The number of aryl methyl sites for hydroxylation is 2. The molecule has 0 aliphatic rings. The highest BCUT2D eigenvalue weighted by atomic mass is 32.2. The summed E-state index contributed by atoms with van der Waals surface area (Å²) in [5.74, 6) is 1.87. The maximum Gasteiger partial charge on any atom is 0.277 e. The molecular formula is C22H24N2O4S. The van der Waals surface area contributed by atoms with Gasteiger partial charge in [-0.15, -0.1) is 10.2 Å². The molecule has 0 radical (unpaired) electrons. The van der Waals surface area contributed by atoms with Gasteiger partial charge in [0.2, 0.25) is 5.89 Å². The molecule has 0 spiro atoms. The number of ether oxygens (including phenoxy) is 2. The van der Waals surface area contributed by atoms with Gasteiger partial charge in [0.25, 0.3) is 5.22 Å². The maximum absolute atomic E-state index is 12.8. The molecule has 0 saturated carbocycles. The van der Waals surface area contributed by atoms with Crippen molar-refractivity contribution in [1.29, 1.82) is 0 Å². The Morgan fingerprint density at radius 2 is 1.79 bits per heavy atom. The van der Waals surface area contributed by atoms with Crippen LogP contribution in [0.15, 0.2) is 46.0 Å². The van der Waals surface area contributed by atoms with E-state index in [1.54, 1.807) is 26.4 Å². The van der Waals surface area contributed by atoms with E-state index in [0.29, 0.717) is 22.6 Å². The summed E-state index contributed by atoms with van der Waals surface area (Å²) in [6, 6.07) is 11.5. The highest BCUT2D eigenvalue weighted by Crippen LogP contribution is 2.32. The highest BCUT2D eigenvalue weighted by Gasteiger charge is 2.16. The fourth-order valence-electron chi connectivity index (χ4n) is 2.97. The zero-order valence-electron chi connectivity index (χ0n) is 17.0. The first-order chi connectivity index (χ1) is 14.1. The van der Waals surface area contributed by atoms with Gasteiger partial charge in [-0.3, -0.25) is 4.79 Å². The Morgan fingerprint density at radius 1 is 1.00 bits per heavy atom. The maximum atomic E-state index is 12.8. The third-order valence-electron chi connectivity index (χ3n) is 4.63. The number of hydrogen-bond acceptors (Lipinski definition) is 7. The number of nitrogens with zero attached hydrogens (tertiary/aromatic N) is 2. The van der Waals surface area contributed by atoms with Crippen LogP contribution in [0.5, 0.6) is 11.5 Å². The molecule has 2 aromatic carbocycles. The number of carbonyl (C=O) groups is 1. The molecule has 0 bridgehead atoms. The normalized spacial score (nSPS) is 10.8. The lowest BCUT2D eigenvalue weighted by Gasteiger charge is -2.08. The first-order valence-corrected chi connectivity index (χ1v) is 10.4. The molecule has 0 aliphatic carbocycles. The van der Waals surface area contributed by atoms with E-state index in [0.717, 1.165) is 35.1 Å². The number of hydrogen-bond donors (Lipinski definition) is 0. The molecule has 29 heavy (non-hydrogen) atoms. The van der Waals surface area contributed by atoms with Crippen molar-refractivity contribution < 1.29 is 18.7 Å². The third-order valence-corrected chi connectivity index (χ3v) is 5.45. The van der Waals surface area contributed by atoms with Crippen molar-refractivity contribution in [1.82, 2.24) is 10.2 Å². The number of benzene rings is 2. The second kappa shape index (κ2) is 9.60. The first-order valence-electron chi connectivity index (χ1n) is 9.43. The van der Waals surface area contributed by atoms with Crippen molar-refractivity contribution in [2.45, 2.75) is 31.9 Å². The number of aromatic nitrogens is 2. The number of thioether (sulfide) groups is 1. The number of Topliss-reactive ketones (excluding diaryl/α,β-unsaturated/α-hetero) is 1. The quantitative estimate of drug-likeness (QED) is 0.367. The third kappa shape index (κ3) is 4.79. The SMILES string of the molecule is CCc1ccc(CC)c(C(=O)CSc2nnc(-c3ccc(OC)c(OC)c3)o2)c1. The van der Waals surface area contributed by atoms with Crippen molar-refractivity contribution in [3.63, 3.8) is 0 Å². The molecule has 0 fully saturated rings. The molecule has 7 heteroatoms. The Kier molecular flexibility index (Phi) is 6.93. The van der Waals surface area contributed by atoms with Crippen LogP contribution in [0.2, 0.25) is 0 Å². The van der Waals surface area contributed by atoms with E-state index in [4.69, 9.17) is 13.9 Å². The molecule has 0 aliphatic heterocycles. The standard InChI is InChI=1S/C22H24N2O4S/c1-5-14-7-8-15(6-2)17(11-14)18(25)13-29-22-24-23-21(28-22)16-9-10-19(26-3)20(12-16)27-4/h7-12H,5-6,13H2,1-4H3. The fraction of sp³-hybridized carbons (Fsp3) is 0.318. The van der Waals surface area contributed by atoms with Crippen molar-refractivity contribution in [3.8, 4) is 23.0 Å². The Balaban J connectivity index is 1.72. The van der Waals surface area contributed by atoms with Gasteiger partial charge in [0, 0.05) is 11.1 Å². The molecule has 0 unspecified atom stereocenters. The fourth-order valence-corrected chi connectivity index (χ4v) is 3.62. The summed E-state index contributed by atoms with van der Waals surface area (Å²) >= 11 is 1.24. The van der Waals surface area contributed by atoms with Gasteiger partial charge in [0.15, 0.2) is 17.3 Å². The lowest BCUT2D eigenvalue weighted by Crippen LogP contribution is -2.07. The molecule has 0 N–H and O–H groups in total. The van der Waals surface area contributed by atoms with Gasteiger partial charge >= 0.3 is 0 Å². The zero-order valence-corrected chi connectivity index (χ0v) is 17.8. The molecule has 152 valence electrons. The van der Waals surface area contributed by atoms with Crippen LogP contribution in [0.25, 0.3) is 11.5 Å². The zero-order chi connectivity index (χ0) is 20.8. The van der Waals surface area contributed by atoms with Crippen LogP contribution in [0.3, 0.4) is 0 Å². The summed E-state index contributed by atoms with van der Waals surface area (Å²) in [4.78, 5) is 12.8. The van der Waals surface area contributed by atoms with Crippen molar-refractivity contribution in [2.75, 3.05) is 20.0 Å².